The van der Waals surface area contributed by atoms with Crippen LogP contribution in [0.4, 0.5) is 11.6 Å². The van der Waals surface area contributed by atoms with Gasteiger partial charge in [0.25, 0.3) is 0 Å². The average molecular weight is 374 g/mol. The molecular weight excluding hydrogens is 344 g/mol. The maximum Gasteiger partial charge on any atom is 0.225 e. The van der Waals surface area contributed by atoms with Crippen molar-refractivity contribution in [3.63, 3.8) is 0 Å². The Hall–Kier alpha value is -1.93. The topological polar surface area (TPSA) is 76.0 Å². The van der Waals surface area contributed by atoms with Crippen molar-refractivity contribution in [3.05, 3.63) is 12.1 Å². The van der Waals surface area contributed by atoms with Crippen LogP contribution >= 0.6 is 0 Å². The van der Waals surface area contributed by atoms with Gasteiger partial charge in [0.2, 0.25) is 5.91 Å². The van der Waals surface area contributed by atoms with Gasteiger partial charge in [0, 0.05) is 64.8 Å². The van der Waals surface area contributed by atoms with Crippen LogP contribution in [0.3, 0.4) is 0 Å². The Bertz CT molecular complexity index is 620. The van der Waals surface area contributed by atoms with Gasteiger partial charge in [-0.15, -0.1) is 10.2 Å². The number of aromatic nitrogens is 2. The van der Waals surface area contributed by atoms with Crippen molar-refractivity contribution in [1.82, 2.24) is 20.0 Å². The summed E-state index contributed by atoms with van der Waals surface area (Å²) in [6.07, 6.45) is 3.34. The van der Waals surface area contributed by atoms with Crippen molar-refractivity contribution in [2.24, 2.45) is 5.92 Å². The van der Waals surface area contributed by atoms with Crippen molar-refractivity contribution >= 4 is 17.5 Å². The molecule has 4 rings (SSSR count). The summed E-state index contributed by atoms with van der Waals surface area (Å²) < 4.78 is 0. The molecule has 3 aliphatic rings. The molecule has 8 heteroatoms. The number of aliphatic hydroxyl groups is 1. The third-order valence-corrected chi connectivity index (χ3v) is 6.12. The number of rotatable bonds is 5. The number of hydrogen-bond acceptors (Lipinski definition) is 7. The summed E-state index contributed by atoms with van der Waals surface area (Å²) >= 11 is 0. The van der Waals surface area contributed by atoms with Crippen molar-refractivity contribution in [2.75, 3.05) is 75.3 Å². The van der Waals surface area contributed by atoms with Gasteiger partial charge in [0.05, 0.1) is 6.61 Å². The lowest BCUT2D eigenvalue weighted by Crippen LogP contribution is -2.51. The van der Waals surface area contributed by atoms with Crippen LogP contribution in [0.15, 0.2) is 12.1 Å². The molecule has 148 valence electrons. The summed E-state index contributed by atoms with van der Waals surface area (Å²) in [7, 11) is 0. The molecule has 3 heterocycles. The Morgan fingerprint density at radius 3 is 1.93 bits per heavy atom. The van der Waals surface area contributed by atoms with E-state index in [-0.39, 0.29) is 12.5 Å². The van der Waals surface area contributed by atoms with E-state index in [1.165, 1.54) is 6.42 Å². The normalized spacial score (nSPS) is 22.0. The minimum absolute atomic E-state index is 0.216. The zero-order chi connectivity index (χ0) is 18.6. The first-order chi connectivity index (χ1) is 13.2. The molecule has 0 bridgehead atoms. The van der Waals surface area contributed by atoms with E-state index < -0.39 is 0 Å². The molecule has 1 saturated carbocycles. The van der Waals surface area contributed by atoms with E-state index in [1.54, 1.807) is 0 Å². The summed E-state index contributed by atoms with van der Waals surface area (Å²) in [6, 6.07) is 4.10. The molecule has 0 radical (unpaired) electrons. The first kappa shape index (κ1) is 18.4. The highest BCUT2D eigenvalue weighted by atomic mass is 16.3. The first-order valence-electron chi connectivity index (χ1n) is 10.2. The van der Waals surface area contributed by atoms with Crippen molar-refractivity contribution in [1.29, 1.82) is 0 Å². The van der Waals surface area contributed by atoms with Crippen LogP contribution in [0.2, 0.25) is 0 Å². The van der Waals surface area contributed by atoms with E-state index in [9.17, 15) is 4.79 Å². The van der Waals surface area contributed by atoms with Gasteiger partial charge in [-0.1, -0.05) is 6.42 Å². The molecule has 0 spiro atoms. The van der Waals surface area contributed by atoms with Gasteiger partial charge in [0.1, 0.15) is 0 Å². The average Bonchev–Trinajstić information content (AvgIpc) is 2.68. The molecular formula is C19H30N6O2. The SMILES string of the molecule is O=C(C1CCC1)N1CCN(c2ccc(N3CCN(CCO)CC3)nn2)CC1. The molecule has 0 unspecified atom stereocenters. The minimum atomic E-state index is 0.216. The van der Waals surface area contributed by atoms with Crippen LogP contribution < -0.4 is 9.80 Å². The quantitative estimate of drug-likeness (QED) is 0.780. The van der Waals surface area contributed by atoms with Crippen molar-refractivity contribution < 1.29 is 9.90 Å². The molecule has 1 amide bonds. The monoisotopic (exact) mass is 374 g/mol. The molecule has 3 fully saturated rings. The molecule has 0 aromatic carbocycles. The molecule has 2 aliphatic heterocycles. The molecule has 1 aromatic rings. The third kappa shape index (κ3) is 4.16. The van der Waals surface area contributed by atoms with Crippen LogP contribution in [0.25, 0.3) is 0 Å². The van der Waals surface area contributed by atoms with Crippen LogP contribution in [0.5, 0.6) is 0 Å². The number of aliphatic hydroxyl groups excluding tert-OH is 1. The largest absolute Gasteiger partial charge is 0.395 e. The number of anilines is 2. The Balaban J connectivity index is 1.28. The first-order valence-corrected chi connectivity index (χ1v) is 10.2. The molecule has 1 aromatic heterocycles. The fraction of sp³-hybridized carbons (Fsp3) is 0.737. The fourth-order valence-corrected chi connectivity index (χ4v) is 4.07. The molecule has 2 saturated heterocycles. The smallest absolute Gasteiger partial charge is 0.225 e. The Kier molecular flexibility index (Phi) is 5.73. The lowest BCUT2D eigenvalue weighted by atomic mass is 9.84. The second-order valence-electron chi connectivity index (χ2n) is 7.74. The standard InChI is InChI=1S/C19H30N6O2/c26-15-14-22-6-8-23(9-7-22)17-4-5-18(21-20-17)24-10-12-25(13-11-24)19(27)16-2-1-3-16/h4-5,16,26H,1-3,6-15H2. The molecule has 0 atom stereocenters. The van der Waals surface area contributed by atoms with Gasteiger partial charge in [-0.3, -0.25) is 9.69 Å². The molecule has 1 N–H and O–H groups in total. The predicted octanol–water partition coefficient (Wildman–Crippen LogP) is 0.0396. The van der Waals surface area contributed by atoms with E-state index in [2.05, 4.69) is 31.0 Å². The maximum atomic E-state index is 12.4. The number of hydrogen-bond donors (Lipinski definition) is 1. The number of amides is 1. The Morgan fingerprint density at radius 2 is 1.48 bits per heavy atom. The van der Waals surface area contributed by atoms with E-state index in [0.29, 0.717) is 5.91 Å². The van der Waals surface area contributed by atoms with Crippen LogP contribution in [-0.2, 0) is 4.79 Å². The zero-order valence-corrected chi connectivity index (χ0v) is 16.0. The lowest BCUT2D eigenvalue weighted by molar-refractivity contribution is -0.138. The van der Waals surface area contributed by atoms with E-state index >= 15 is 0 Å². The Labute approximate surface area is 160 Å². The number of nitrogens with zero attached hydrogens (tertiary/aromatic N) is 6. The van der Waals surface area contributed by atoms with Crippen molar-refractivity contribution in [2.45, 2.75) is 19.3 Å². The third-order valence-electron chi connectivity index (χ3n) is 6.12. The highest BCUT2D eigenvalue weighted by Gasteiger charge is 2.31. The fourth-order valence-electron chi connectivity index (χ4n) is 4.07. The van der Waals surface area contributed by atoms with Gasteiger partial charge in [-0.25, -0.2) is 0 Å². The predicted molar refractivity (Wildman–Crippen MR) is 104 cm³/mol. The minimum Gasteiger partial charge on any atom is -0.395 e. The van der Waals surface area contributed by atoms with Crippen LogP contribution in [-0.4, -0.2) is 96.5 Å². The van der Waals surface area contributed by atoms with Crippen molar-refractivity contribution in [3.8, 4) is 0 Å². The zero-order valence-electron chi connectivity index (χ0n) is 16.0. The molecule has 27 heavy (non-hydrogen) atoms. The number of piperazine rings is 2. The van der Waals surface area contributed by atoms with E-state index in [4.69, 9.17) is 5.11 Å². The van der Waals surface area contributed by atoms with Gasteiger partial charge >= 0.3 is 0 Å². The van der Waals surface area contributed by atoms with Gasteiger partial charge in [-0.2, -0.15) is 0 Å². The molecule has 8 nitrogen and oxygen atoms in total. The molecule has 1 aliphatic carbocycles. The summed E-state index contributed by atoms with van der Waals surface area (Å²) in [4.78, 5) is 21.1. The van der Waals surface area contributed by atoms with Crippen LogP contribution in [0, 0.1) is 5.92 Å². The van der Waals surface area contributed by atoms with Gasteiger partial charge in [-0.05, 0) is 25.0 Å². The number of carbonyl (C=O) groups is 1. The highest BCUT2D eigenvalue weighted by Crippen LogP contribution is 2.29. The maximum absolute atomic E-state index is 12.4. The lowest BCUT2D eigenvalue weighted by Gasteiger charge is -2.38. The highest BCUT2D eigenvalue weighted by molar-refractivity contribution is 5.79. The second-order valence-corrected chi connectivity index (χ2v) is 7.74. The number of carbonyl (C=O) groups excluding carboxylic acids is 1. The Morgan fingerprint density at radius 1 is 0.926 bits per heavy atom. The summed E-state index contributed by atoms with van der Waals surface area (Å²) in [5.41, 5.74) is 0. The number of β-amino-alcohol motifs (C(OH)–C–C–N with tert-alkyl or cyclic N) is 1. The van der Waals surface area contributed by atoms with Gasteiger partial charge in [0.15, 0.2) is 11.6 Å². The van der Waals surface area contributed by atoms with Gasteiger partial charge < -0.3 is 19.8 Å². The van der Waals surface area contributed by atoms with E-state index in [0.717, 1.165) is 83.4 Å². The second kappa shape index (κ2) is 8.39. The van der Waals surface area contributed by atoms with E-state index in [1.807, 2.05) is 11.0 Å². The summed E-state index contributed by atoms with van der Waals surface area (Å²) in [5.74, 6) is 2.45. The summed E-state index contributed by atoms with van der Waals surface area (Å²) in [6.45, 7) is 7.89. The summed E-state index contributed by atoms with van der Waals surface area (Å²) in [5, 5.41) is 17.9. The van der Waals surface area contributed by atoms with Crippen LogP contribution in [0.1, 0.15) is 19.3 Å².